The summed E-state index contributed by atoms with van der Waals surface area (Å²) in [7, 11) is -1.53. The molecule has 1 aliphatic rings. The molecule has 2 N–H and O–H groups in total. The topological polar surface area (TPSA) is 61.4 Å². The standard InChI is InChI=1S/C15H25N3O2S/c1-3-18(14-6-7-14)11-10-17-21(19,20)15-8-4-13(5-9-15)12-16-2/h4-5,8-9,14,16-17H,3,6-7,10-12H2,1-2H3. The van der Waals surface area contributed by atoms with Gasteiger partial charge in [0.05, 0.1) is 4.90 Å². The summed E-state index contributed by atoms with van der Waals surface area (Å²) in [6.07, 6.45) is 2.49. The van der Waals surface area contributed by atoms with Crippen LogP contribution in [-0.2, 0) is 16.6 Å². The minimum Gasteiger partial charge on any atom is -0.316 e. The number of rotatable bonds is 9. The van der Waals surface area contributed by atoms with Crippen LogP contribution < -0.4 is 10.0 Å². The monoisotopic (exact) mass is 311 g/mol. The Bertz CT molecular complexity index is 539. The maximum atomic E-state index is 12.2. The highest BCUT2D eigenvalue weighted by molar-refractivity contribution is 7.89. The molecule has 0 heterocycles. The van der Waals surface area contributed by atoms with Gasteiger partial charge in [0.25, 0.3) is 0 Å². The average Bonchev–Trinajstić information content (AvgIpc) is 3.29. The van der Waals surface area contributed by atoms with E-state index in [-0.39, 0.29) is 0 Å². The molecule has 5 nitrogen and oxygen atoms in total. The Morgan fingerprint density at radius 2 is 1.90 bits per heavy atom. The number of nitrogens with one attached hydrogen (secondary N) is 2. The van der Waals surface area contributed by atoms with Gasteiger partial charge in [-0.3, -0.25) is 4.90 Å². The third-order valence-electron chi connectivity index (χ3n) is 3.78. The first kappa shape index (κ1) is 16.4. The highest BCUT2D eigenvalue weighted by atomic mass is 32.2. The lowest BCUT2D eigenvalue weighted by Crippen LogP contribution is -2.36. The molecule has 0 spiro atoms. The van der Waals surface area contributed by atoms with Gasteiger partial charge >= 0.3 is 0 Å². The van der Waals surface area contributed by atoms with Gasteiger partial charge in [-0.25, -0.2) is 13.1 Å². The van der Waals surface area contributed by atoms with Crippen LogP contribution in [0.3, 0.4) is 0 Å². The molecule has 0 aromatic heterocycles. The van der Waals surface area contributed by atoms with Crippen LogP contribution >= 0.6 is 0 Å². The minimum atomic E-state index is -3.40. The molecule has 0 atom stereocenters. The zero-order valence-corrected chi connectivity index (χ0v) is 13.6. The van der Waals surface area contributed by atoms with Crippen molar-refractivity contribution in [1.29, 1.82) is 0 Å². The number of hydrogen-bond donors (Lipinski definition) is 2. The molecular formula is C15H25N3O2S. The smallest absolute Gasteiger partial charge is 0.240 e. The van der Waals surface area contributed by atoms with Crippen molar-refractivity contribution in [3.05, 3.63) is 29.8 Å². The average molecular weight is 311 g/mol. The number of nitrogens with zero attached hydrogens (tertiary/aromatic N) is 1. The largest absolute Gasteiger partial charge is 0.316 e. The third-order valence-corrected chi connectivity index (χ3v) is 5.25. The molecule has 0 saturated heterocycles. The molecule has 0 aliphatic heterocycles. The van der Waals surface area contributed by atoms with E-state index in [1.807, 2.05) is 19.2 Å². The van der Waals surface area contributed by atoms with Gasteiger partial charge in [-0.1, -0.05) is 19.1 Å². The molecule has 1 aromatic rings. The van der Waals surface area contributed by atoms with Gasteiger partial charge in [-0.05, 0) is 44.1 Å². The van der Waals surface area contributed by atoms with Crippen molar-refractivity contribution in [1.82, 2.24) is 14.9 Å². The van der Waals surface area contributed by atoms with Crippen molar-refractivity contribution in [2.24, 2.45) is 0 Å². The van der Waals surface area contributed by atoms with Crippen molar-refractivity contribution >= 4 is 10.0 Å². The van der Waals surface area contributed by atoms with Gasteiger partial charge < -0.3 is 5.32 Å². The number of likely N-dealkylation sites (N-methyl/N-ethyl adjacent to an activating group) is 1. The molecule has 6 heteroatoms. The summed E-state index contributed by atoms with van der Waals surface area (Å²) in [5.41, 5.74) is 1.07. The molecule has 0 amide bonds. The van der Waals surface area contributed by atoms with Crippen LogP contribution in [0, 0.1) is 0 Å². The molecule has 1 fully saturated rings. The summed E-state index contributed by atoms with van der Waals surface area (Å²) in [6.45, 7) is 5.07. The summed E-state index contributed by atoms with van der Waals surface area (Å²) in [6, 6.07) is 7.67. The molecule has 0 radical (unpaired) electrons. The van der Waals surface area contributed by atoms with E-state index < -0.39 is 10.0 Å². The van der Waals surface area contributed by atoms with Crippen LogP contribution in [0.25, 0.3) is 0 Å². The second-order valence-electron chi connectivity index (χ2n) is 5.43. The predicted molar refractivity (Wildman–Crippen MR) is 84.7 cm³/mol. The quantitative estimate of drug-likeness (QED) is 0.719. The zero-order valence-electron chi connectivity index (χ0n) is 12.8. The molecule has 0 unspecified atom stereocenters. The van der Waals surface area contributed by atoms with Crippen LogP contribution in [0.4, 0.5) is 0 Å². The van der Waals surface area contributed by atoms with E-state index in [4.69, 9.17) is 0 Å². The summed E-state index contributed by atoms with van der Waals surface area (Å²) < 4.78 is 27.1. The Morgan fingerprint density at radius 1 is 1.24 bits per heavy atom. The van der Waals surface area contributed by atoms with E-state index >= 15 is 0 Å². The second-order valence-corrected chi connectivity index (χ2v) is 7.20. The lowest BCUT2D eigenvalue weighted by atomic mass is 10.2. The maximum absolute atomic E-state index is 12.2. The number of hydrogen-bond acceptors (Lipinski definition) is 4. The van der Waals surface area contributed by atoms with E-state index in [2.05, 4.69) is 21.9 Å². The summed E-state index contributed by atoms with van der Waals surface area (Å²) >= 11 is 0. The first-order valence-electron chi connectivity index (χ1n) is 7.54. The molecule has 0 bridgehead atoms. The predicted octanol–water partition coefficient (Wildman–Crippen LogP) is 1.17. The van der Waals surface area contributed by atoms with Crippen LogP contribution in [0.2, 0.25) is 0 Å². The van der Waals surface area contributed by atoms with Gasteiger partial charge in [0, 0.05) is 25.7 Å². The van der Waals surface area contributed by atoms with Gasteiger partial charge in [0.2, 0.25) is 10.0 Å². The van der Waals surface area contributed by atoms with E-state index in [9.17, 15) is 8.42 Å². The fourth-order valence-electron chi connectivity index (χ4n) is 2.44. The summed E-state index contributed by atoms with van der Waals surface area (Å²) in [5.74, 6) is 0. The first-order valence-corrected chi connectivity index (χ1v) is 9.02. The Balaban J connectivity index is 1.88. The van der Waals surface area contributed by atoms with Gasteiger partial charge in [0.15, 0.2) is 0 Å². The zero-order chi connectivity index (χ0) is 15.3. The van der Waals surface area contributed by atoms with Crippen LogP contribution in [0.5, 0.6) is 0 Å². The Labute approximate surface area is 127 Å². The Morgan fingerprint density at radius 3 is 2.43 bits per heavy atom. The Hall–Kier alpha value is -0.950. The van der Waals surface area contributed by atoms with E-state index in [1.165, 1.54) is 12.8 Å². The van der Waals surface area contributed by atoms with Crippen molar-refractivity contribution in [3.8, 4) is 0 Å². The van der Waals surface area contributed by atoms with Gasteiger partial charge in [-0.15, -0.1) is 0 Å². The van der Waals surface area contributed by atoms with Crippen molar-refractivity contribution in [2.75, 3.05) is 26.7 Å². The lowest BCUT2D eigenvalue weighted by molar-refractivity contribution is 0.282. The SMILES string of the molecule is CCN(CCNS(=O)(=O)c1ccc(CNC)cc1)C1CC1. The maximum Gasteiger partial charge on any atom is 0.240 e. The molecular weight excluding hydrogens is 286 g/mol. The highest BCUT2D eigenvalue weighted by Crippen LogP contribution is 2.25. The van der Waals surface area contributed by atoms with Crippen molar-refractivity contribution in [3.63, 3.8) is 0 Å². The fourth-order valence-corrected chi connectivity index (χ4v) is 3.46. The highest BCUT2D eigenvalue weighted by Gasteiger charge is 2.27. The van der Waals surface area contributed by atoms with Gasteiger partial charge in [-0.2, -0.15) is 0 Å². The molecule has 2 rings (SSSR count). The fraction of sp³-hybridized carbons (Fsp3) is 0.600. The second kappa shape index (κ2) is 7.35. The third kappa shape index (κ3) is 4.78. The number of benzene rings is 1. The number of sulfonamides is 1. The van der Waals surface area contributed by atoms with E-state index in [1.54, 1.807) is 12.1 Å². The molecule has 1 aromatic carbocycles. The van der Waals surface area contributed by atoms with E-state index in [0.29, 0.717) is 17.5 Å². The van der Waals surface area contributed by atoms with Crippen LogP contribution in [0.15, 0.2) is 29.2 Å². The molecule has 118 valence electrons. The van der Waals surface area contributed by atoms with Gasteiger partial charge in [0.1, 0.15) is 0 Å². The summed E-state index contributed by atoms with van der Waals surface area (Å²) in [5, 5.41) is 3.04. The molecule has 1 saturated carbocycles. The van der Waals surface area contributed by atoms with Crippen LogP contribution in [0.1, 0.15) is 25.3 Å². The lowest BCUT2D eigenvalue weighted by Gasteiger charge is -2.19. The van der Waals surface area contributed by atoms with E-state index in [0.717, 1.165) is 25.2 Å². The first-order chi connectivity index (χ1) is 10.1. The minimum absolute atomic E-state index is 0.330. The molecule has 1 aliphatic carbocycles. The van der Waals surface area contributed by atoms with Crippen molar-refractivity contribution in [2.45, 2.75) is 37.2 Å². The normalized spacial score (nSPS) is 15.6. The molecule has 21 heavy (non-hydrogen) atoms. The Kier molecular flexibility index (Phi) is 5.75. The summed E-state index contributed by atoms with van der Waals surface area (Å²) in [4.78, 5) is 2.66. The van der Waals surface area contributed by atoms with Crippen LogP contribution in [-0.4, -0.2) is 46.0 Å². The van der Waals surface area contributed by atoms with Crippen molar-refractivity contribution < 1.29 is 8.42 Å².